The fourth-order valence-electron chi connectivity index (χ4n) is 2.08. The van der Waals surface area contributed by atoms with Gasteiger partial charge in [0.1, 0.15) is 0 Å². The van der Waals surface area contributed by atoms with Gasteiger partial charge in [0.15, 0.2) is 0 Å². The molecule has 124 valence electrons. The van der Waals surface area contributed by atoms with Gasteiger partial charge in [-0.1, -0.05) is 104 Å². The molecule has 0 bridgehead atoms. The van der Waals surface area contributed by atoms with Gasteiger partial charge in [0.05, 0.1) is 6.07 Å². The van der Waals surface area contributed by atoms with E-state index in [2.05, 4.69) is 74.7 Å². The van der Waals surface area contributed by atoms with Gasteiger partial charge in [-0.25, -0.2) is 0 Å². The minimum absolute atomic E-state index is 1.18. The van der Waals surface area contributed by atoms with Gasteiger partial charge in [-0.2, -0.15) is 5.26 Å². The van der Waals surface area contributed by atoms with Gasteiger partial charge >= 0.3 is 0 Å². The van der Waals surface area contributed by atoms with Crippen LogP contribution in [0.2, 0.25) is 0 Å². The summed E-state index contributed by atoms with van der Waals surface area (Å²) in [5.74, 6) is 0. The lowest BCUT2D eigenvalue weighted by Gasteiger charge is -2.05. The molecule has 0 radical (unpaired) electrons. The number of hydrogen-bond acceptors (Lipinski definition) is 1. The third kappa shape index (κ3) is 7.63. The number of benzene rings is 2. The molecule has 0 aromatic heterocycles. The average molecular weight is 325 g/mol. The number of hydrogen-bond donors (Lipinski definition) is 0. The van der Waals surface area contributed by atoms with Crippen LogP contribution in [0.4, 0.5) is 0 Å². The molecule has 0 saturated carbocycles. The molecule has 0 saturated heterocycles. The maximum Gasteiger partial charge on any atom is 0.0905 e. The van der Waals surface area contributed by atoms with Crippen LogP contribution in [0.5, 0.6) is 0 Å². The molecule has 0 N–H and O–H groups in total. The van der Waals surface area contributed by atoms with Crippen molar-refractivity contribution in [3.63, 3.8) is 0 Å². The minimum atomic E-state index is 1.18. The molecule has 2 rings (SSSR count). The molecule has 0 unspecified atom stereocenters. The zero-order valence-electron chi connectivity index (χ0n) is 14.6. The molecule has 0 aliphatic carbocycles. The summed E-state index contributed by atoms with van der Waals surface area (Å²) >= 11 is 0. The van der Waals surface area contributed by atoms with Crippen molar-refractivity contribution in [1.29, 1.82) is 5.26 Å². The number of allylic oxidation sites excluding steroid dienone is 7. The van der Waals surface area contributed by atoms with Crippen LogP contribution in [0.3, 0.4) is 0 Å². The van der Waals surface area contributed by atoms with Crippen LogP contribution in [0.25, 0.3) is 11.6 Å². The Morgan fingerprint density at radius 3 is 2.00 bits per heavy atom. The van der Waals surface area contributed by atoms with Crippen LogP contribution in [0.15, 0.2) is 110 Å². The van der Waals surface area contributed by atoms with Crippen LogP contribution < -0.4 is 0 Å². The Hall–Kier alpha value is -3.37. The van der Waals surface area contributed by atoms with E-state index < -0.39 is 0 Å². The summed E-state index contributed by atoms with van der Waals surface area (Å²) in [5.41, 5.74) is 4.87. The summed E-state index contributed by atoms with van der Waals surface area (Å²) in [4.78, 5) is 0. The fraction of sp³-hybridized carbons (Fsp3) is 0.0417. The van der Waals surface area contributed by atoms with E-state index >= 15 is 0 Å². The molecule has 2 aromatic carbocycles. The normalized spacial score (nSPS) is 11.2. The Balaban J connectivity index is 0.000000705. The highest BCUT2D eigenvalue weighted by molar-refractivity contribution is 5.74. The summed E-state index contributed by atoms with van der Waals surface area (Å²) in [6.07, 6.45) is 11.3. The van der Waals surface area contributed by atoms with Crippen molar-refractivity contribution in [2.45, 2.75) is 6.92 Å². The maximum absolute atomic E-state index is 7.51. The molecule has 0 aliphatic heterocycles. The average Bonchev–Trinajstić information content (AvgIpc) is 2.69. The van der Waals surface area contributed by atoms with Crippen LogP contribution in [-0.4, -0.2) is 0 Å². The molecular weight excluding hydrogens is 302 g/mol. The van der Waals surface area contributed by atoms with E-state index in [1.165, 1.54) is 28.3 Å². The van der Waals surface area contributed by atoms with Crippen LogP contribution >= 0.6 is 0 Å². The Morgan fingerprint density at radius 1 is 0.920 bits per heavy atom. The monoisotopic (exact) mass is 325 g/mol. The fourth-order valence-corrected chi connectivity index (χ4v) is 2.08. The summed E-state index contributed by atoms with van der Waals surface area (Å²) in [5, 5.41) is 7.51. The molecule has 0 heterocycles. The molecule has 1 heteroatoms. The second-order valence-corrected chi connectivity index (χ2v) is 5.12. The third-order valence-electron chi connectivity index (χ3n) is 3.40. The second kappa shape index (κ2) is 12.1. The number of rotatable bonds is 5. The second-order valence-electron chi connectivity index (χ2n) is 5.12. The lowest BCUT2D eigenvalue weighted by Crippen LogP contribution is -1.84. The largest absolute Gasteiger partial charge is 0.193 e. The molecular formula is C24H23N. The third-order valence-corrected chi connectivity index (χ3v) is 3.40. The lowest BCUT2D eigenvalue weighted by molar-refractivity contribution is 1.53. The molecule has 0 spiro atoms. The van der Waals surface area contributed by atoms with Gasteiger partial charge < -0.3 is 0 Å². The van der Waals surface area contributed by atoms with Gasteiger partial charge in [0, 0.05) is 6.08 Å². The van der Waals surface area contributed by atoms with Crippen LogP contribution in [-0.2, 0) is 0 Å². The Labute approximate surface area is 151 Å². The summed E-state index contributed by atoms with van der Waals surface area (Å²) < 4.78 is 0. The standard InChI is InChI=1S/C21H20.C3H3N/c1-3-4-13-21(17-16-19-11-7-5-8-12-19)18(2)20-14-9-6-10-15-20;1-2-3-4/h3-17H,1H2,2H3;2H,1H2. The molecule has 0 fully saturated rings. The topological polar surface area (TPSA) is 23.8 Å². The van der Waals surface area contributed by atoms with Crippen LogP contribution in [0.1, 0.15) is 18.1 Å². The van der Waals surface area contributed by atoms with Gasteiger partial charge in [-0.3, -0.25) is 0 Å². The zero-order chi connectivity index (χ0) is 18.3. The predicted molar refractivity (Wildman–Crippen MR) is 110 cm³/mol. The molecule has 1 nitrogen and oxygen atoms in total. The van der Waals surface area contributed by atoms with Crippen LogP contribution in [0, 0.1) is 11.3 Å². The van der Waals surface area contributed by atoms with Crippen molar-refractivity contribution >= 4 is 11.6 Å². The first-order valence-corrected chi connectivity index (χ1v) is 8.02. The first kappa shape index (κ1) is 19.7. The van der Waals surface area contributed by atoms with E-state index in [1.54, 1.807) is 12.1 Å². The van der Waals surface area contributed by atoms with E-state index in [1.807, 2.05) is 30.3 Å². The van der Waals surface area contributed by atoms with E-state index in [4.69, 9.17) is 5.26 Å². The highest BCUT2D eigenvalue weighted by Gasteiger charge is 1.99. The molecule has 25 heavy (non-hydrogen) atoms. The smallest absolute Gasteiger partial charge is 0.0905 e. The van der Waals surface area contributed by atoms with E-state index in [-0.39, 0.29) is 0 Å². The summed E-state index contributed by atoms with van der Waals surface area (Å²) in [6, 6.07) is 22.5. The molecule has 0 amide bonds. The summed E-state index contributed by atoms with van der Waals surface area (Å²) in [7, 11) is 0. The van der Waals surface area contributed by atoms with Gasteiger partial charge in [0.2, 0.25) is 0 Å². The van der Waals surface area contributed by atoms with Crippen molar-refractivity contribution in [1.82, 2.24) is 0 Å². The van der Waals surface area contributed by atoms with Gasteiger partial charge in [0.25, 0.3) is 0 Å². The zero-order valence-corrected chi connectivity index (χ0v) is 14.6. The summed E-state index contributed by atoms with van der Waals surface area (Å²) in [6.45, 7) is 9.01. The maximum atomic E-state index is 7.51. The lowest BCUT2D eigenvalue weighted by atomic mass is 10.00. The van der Waals surface area contributed by atoms with Gasteiger partial charge in [-0.05, 0) is 29.2 Å². The van der Waals surface area contributed by atoms with Crippen molar-refractivity contribution in [3.8, 4) is 6.07 Å². The van der Waals surface area contributed by atoms with Gasteiger partial charge in [-0.15, -0.1) is 0 Å². The predicted octanol–water partition coefficient (Wildman–Crippen LogP) is 6.61. The van der Waals surface area contributed by atoms with Crippen molar-refractivity contribution in [2.24, 2.45) is 0 Å². The van der Waals surface area contributed by atoms with E-state index in [0.717, 1.165) is 0 Å². The highest BCUT2D eigenvalue weighted by Crippen LogP contribution is 2.20. The molecule has 0 atom stereocenters. The Bertz CT molecular complexity index is 785. The first-order chi connectivity index (χ1) is 12.2. The quantitative estimate of drug-likeness (QED) is 0.448. The Morgan fingerprint density at radius 2 is 1.48 bits per heavy atom. The number of nitrogens with zero attached hydrogens (tertiary/aromatic N) is 1. The highest BCUT2D eigenvalue weighted by atomic mass is 14.2. The minimum Gasteiger partial charge on any atom is -0.193 e. The van der Waals surface area contributed by atoms with Crippen molar-refractivity contribution in [2.75, 3.05) is 0 Å². The Kier molecular flexibility index (Phi) is 9.52. The SMILES string of the molecule is C=CC#N.C=CC=CC(C=Cc1ccccc1)=C(C)c1ccccc1. The first-order valence-electron chi connectivity index (χ1n) is 8.02. The van der Waals surface area contributed by atoms with Crippen molar-refractivity contribution < 1.29 is 0 Å². The molecule has 0 aliphatic rings. The number of nitriles is 1. The molecule has 2 aromatic rings. The van der Waals surface area contributed by atoms with E-state index in [0.29, 0.717) is 0 Å². The van der Waals surface area contributed by atoms with Crippen molar-refractivity contribution in [3.05, 3.63) is 121 Å². The van der Waals surface area contributed by atoms with E-state index in [9.17, 15) is 0 Å².